The van der Waals surface area contributed by atoms with Crippen molar-refractivity contribution in [3.05, 3.63) is 39.6 Å². The fourth-order valence-electron chi connectivity index (χ4n) is 1.07. The fraction of sp³-hybridized carbons (Fsp3) is 0. The van der Waals surface area contributed by atoms with Crippen LogP contribution in [0.25, 0.3) is 0 Å². The Labute approximate surface area is 119 Å². The van der Waals surface area contributed by atoms with Gasteiger partial charge in [-0.2, -0.15) is 10.5 Å². The van der Waals surface area contributed by atoms with Gasteiger partial charge in [-0.15, -0.1) is 0 Å². The van der Waals surface area contributed by atoms with E-state index in [2.05, 4.69) is 10.6 Å². The molecule has 0 saturated carbocycles. The van der Waals surface area contributed by atoms with Crippen LogP contribution in [0.3, 0.4) is 0 Å². The van der Waals surface area contributed by atoms with E-state index in [-0.39, 0.29) is 16.4 Å². The first kappa shape index (κ1) is 14.7. The third kappa shape index (κ3) is 4.07. The maximum absolute atomic E-state index is 11.6. The molecule has 0 radical (unpaired) electrons. The molecule has 0 aliphatic carbocycles. The van der Waals surface area contributed by atoms with Crippen LogP contribution in [-0.4, -0.2) is 6.03 Å². The highest BCUT2D eigenvalue weighted by atomic mass is 35.5. The Kier molecular flexibility index (Phi) is 5.01. The number of nitrogens with zero attached hydrogens (tertiary/aromatic N) is 2. The SMILES string of the molecule is N#CC(N)=C(C#N)NC(=O)Nc1ccc(Cl)cc1Cl. The summed E-state index contributed by atoms with van der Waals surface area (Å²) >= 11 is 11.6. The lowest BCUT2D eigenvalue weighted by Crippen LogP contribution is -2.29. The zero-order valence-electron chi connectivity index (χ0n) is 9.37. The van der Waals surface area contributed by atoms with E-state index < -0.39 is 6.03 Å². The Hall–Kier alpha value is -2.41. The number of nitriles is 2. The van der Waals surface area contributed by atoms with Crippen molar-refractivity contribution in [2.45, 2.75) is 0 Å². The van der Waals surface area contributed by atoms with Crippen LogP contribution in [0.2, 0.25) is 10.0 Å². The second-order valence-electron chi connectivity index (χ2n) is 3.22. The smallest absolute Gasteiger partial charge is 0.324 e. The number of carbonyl (C=O) groups is 1. The minimum atomic E-state index is -0.751. The Morgan fingerprint density at radius 2 is 1.95 bits per heavy atom. The molecule has 0 heterocycles. The second-order valence-corrected chi connectivity index (χ2v) is 4.06. The quantitative estimate of drug-likeness (QED) is 0.726. The van der Waals surface area contributed by atoms with E-state index in [1.165, 1.54) is 18.2 Å². The number of hydrogen-bond donors (Lipinski definition) is 3. The van der Waals surface area contributed by atoms with Gasteiger partial charge in [-0.3, -0.25) is 5.32 Å². The summed E-state index contributed by atoms with van der Waals surface area (Å²) in [7, 11) is 0. The van der Waals surface area contributed by atoms with Crippen molar-refractivity contribution in [3.63, 3.8) is 0 Å². The fourth-order valence-corrected chi connectivity index (χ4v) is 1.53. The monoisotopic (exact) mass is 295 g/mol. The van der Waals surface area contributed by atoms with Gasteiger partial charge in [-0.25, -0.2) is 4.79 Å². The zero-order chi connectivity index (χ0) is 14.4. The molecule has 6 nitrogen and oxygen atoms in total. The molecule has 1 rings (SSSR count). The number of rotatable bonds is 2. The molecule has 1 aromatic carbocycles. The van der Waals surface area contributed by atoms with Crippen molar-refractivity contribution in [3.8, 4) is 12.1 Å². The van der Waals surface area contributed by atoms with Gasteiger partial charge in [-0.05, 0) is 18.2 Å². The summed E-state index contributed by atoms with van der Waals surface area (Å²) in [6.45, 7) is 0. The van der Waals surface area contributed by atoms with Crippen LogP contribution in [-0.2, 0) is 0 Å². The Morgan fingerprint density at radius 1 is 1.26 bits per heavy atom. The highest BCUT2D eigenvalue weighted by Crippen LogP contribution is 2.25. The summed E-state index contributed by atoms with van der Waals surface area (Å²) < 4.78 is 0. The van der Waals surface area contributed by atoms with Crippen molar-refractivity contribution in [2.75, 3.05) is 5.32 Å². The molecular weight excluding hydrogens is 289 g/mol. The largest absolute Gasteiger partial charge is 0.388 e. The molecule has 8 heteroatoms. The van der Waals surface area contributed by atoms with Gasteiger partial charge in [0.2, 0.25) is 0 Å². The summed E-state index contributed by atoms with van der Waals surface area (Å²) in [5.74, 6) is 0. The van der Waals surface area contributed by atoms with Gasteiger partial charge in [0, 0.05) is 5.02 Å². The Bertz CT molecular complexity index is 627. The van der Waals surface area contributed by atoms with Crippen LogP contribution in [0.5, 0.6) is 0 Å². The first-order valence-electron chi connectivity index (χ1n) is 4.81. The molecule has 0 aromatic heterocycles. The van der Waals surface area contributed by atoms with E-state index in [1.54, 1.807) is 12.1 Å². The van der Waals surface area contributed by atoms with Gasteiger partial charge < -0.3 is 11.1 Å². The average molecular weight is 296 g/mol. The Morgan fingerprint density at radius 3 is 2.47 bits per heavy atom. The maximum atomic E-state index is 11.6. The highest BCUT2D eigenvalue weighted by Gasteiger charge is 2.10. The van der Waals surface area contributed by atoms with E-state index in [4.69, 9.17) is 39.5 Å². The number of hydrogen-bond acceptors (Lipinski definition) is 4. The van der Waals surface area contributed by atoms with Gasteiger partial charge in [-0.1, -0.05) is 23.2 Å². The number of allylic oxidation sites excluding steroid dienone is 2. The topological polar surface area (TPSA) is 115 Å². The molecule has 96 valence electrons. The van der Waals surface area contributed by atoms with E-state index >= 15 is 0 Å². The summed E-state index contributed by atoms with van der Waals surface area (Å²) in [4.78, 5) is 11.6. The maximum Gasteiger partial charge on any atom is 0.324 e. The van der Waals surface area contributed by atoms with E-state index in [0.717, 1.165) is 0 Å². The summed E-state index contributed by atoms with van der Waals surface area (Å²) in [5.41, 5.74) is 4.80. The van der Waals surface area contributed by atoms with E-state index in [9.17, 15) is 4.79 Å². The minimum Gasteiger partial charge on any atom is -0.388 e. The molecule has 0 atom stereocenters. The summed E-state index contributed by atoms with van der Waals surface area (Å²) in [6.07, 6.45) is 0. The molecule has 0 spiro atoms. The lowest BCUT2D eigenvalue weighted by atomic mass is 10.3. The minimum absolute atomic E-state index is 0.235. The lowest BCUT2D eigenvalue weighted by molar-refractivity contribution is 0.254. The van der Waals surface area contributed by atoms with Gasteiger partial charge >= 0.3 is 6.03 Å². The number of nitrogens with one attached hydrogen (secondary N) is 2. The van der Waals surface area contributed by atoms with Gasteiger partial charge in [0.15, 0.2) is 5.70 Å². The second kappa shape index (κ2) is 6.50. The molecule has 0 saturated heterocycles. The van der Waals surface area contributed by atoms with Gasteiger partial charge in [0.1, 0.15) is 17.8 Å². The van der Waals surface area contributed by atoms with Crippen molar-refractivity contribution >= 4 is 34.9 Å². The van der Waals surface area contributed by atoms with Crippen LogP contribution in [0, 0.1) is 22.7 Å². The number of nitrogens with two attached hydrogens (primary N) is 1. The van der Waals surface area contributed by atoms with Crippen LogP contribution in [0.4, 0.5) is 10.5 Å². The molecule has 0 aliphatic rings. The van der Waals surface area contributed by atoms with Crippen LogP contribution >= 0.6 is 23.2 Å². The van der Waals surface area contributed by atoms with Crippen molar-refractivity contribution in [1.29, 1.82) is 10.5 Å². The standard InChI is InChI=1S/C11H7Cl2N5O/c12-6-1-2-9(7(13)3-6)17-11(19)18-10(5-15)8(16)4-14/h1-3H,16H2,(H2,17,18,19). The molecule has 2 amide bonds. The third-order valence-corrected chi connectivity index (χ3v) is 2.47. The van der Waals surface area contributed by atoms with Gasteiger partial charge in [0.05, 0.1) is 10.7 Å². The summed E-state index contributed by atoms with van der Waals surface area (Å²) in [6, 6.07) is 6.88. The number of benzene rings is 1. The number of urea groups is 1. The van der Waals surface area contributed by atoms with E-state index in [1.807, 2.05) is 0 Å². The predicted molar refractivity (Wildman–Crippen MR) is 71.1 cm³/mol. The number of carbonyl (C=O) groups excluding carboxylic acids is 1. The molecule has 4 N–H and O–H groups in total. The molecule has 0 unspecified atom stereocenters. The number of anilines is 1. The van der Waals surface area contributed by atoms with Crippen molar-refractivity contribution in [1.82, 2.24) is 5.32 Å². The molecule has 19 heavy (non-hydrogen) atoms. The van der Waals surface area contributed by atoms with Crippen molar-refractivity contribution < 1.29 is 4.79 Å². The first-order valence-corrected chi connectivity index (χ1v) is 5.56. The average Bonchev–Trinajstić information content (AvgIpc) is 2.38. The molecular formula is C11H7Cl2N5O. The zero-order valence-corrected chi connectivity index (χ0v) is 10.9. The van der Waals surface area contributed by atoms with Crippen LogP contribution in [0.1, 0.15) is 0 Å². The first-order chi connectivity index (χ1) is 8.97. The molecule has 0 fully saturated rings. The van der Waals surface area contributed by atoms with Crippen LogP contribution < -0.4 is 16.4 Å². The highest BCUT2D eigenvalue weighted by molar-refractivity contribution is 6.36. The Balaban J connectivity index is 2.82. The number of halogens is 2. The normalized spacial score (nSPS) is 10.7. The lowest BCUT2D eigenvalue weighted by Gasteiger charge is -2.08. The van der Waals surface area contributed by atoms with Crippen molar-refractivity contribution in [2.24, 2.45) is 5.73 Å². The third-order valence-electron chi connectivity index (χ3n) is 1.92. The molecule has 0 bridgehead atoms. The molecule has 0 aliphatic heterocycles. The predicted octanol–water partition coefficient (Wildman–Crippen LogP) is 2.33. The van der Waals surface area contributed by atoms with E-state index in [0.29, 0.717) is 10.7 Å². The van der Waals surface area contributed by atoms with Gasteiger partial charge in [0.25, 0.3) is 0 Å². The summed E-state index contributed by atoms with van der Waals surface area (Å²) in [5, 5.41) is 22.4. The van der Waals surface area contributed by atoms with Crippen LogP contribution in [0.15, 0.2) is 29.6 Å². The molecule has 1 aromatic rings. The number of amides is 2.